The van der Waals surface area contributed by atoms with Crippen LogP contribution in [0.2, 0.25) is 0 Å². The van der Waals surface area contributed by atoms with Crippen molar-refractivity contribution in [3.05, 3.63) is 54.1 Å². The molecule has 182 valence electrons. The number of benzene rings is 2. The molecule has 0 aromatic heterocycles. The molecule has 2 aromatic rings. The predicted molar refractivity (Wildman–Crippen MR) is 140 cm³/mol. The number of carbonyl (C=O) groups is 2. The maximum Gasteiger partial charge on any atom is 0.259 e. The van der Waals surface area contributed by atoms with Crippen LogP contribution in [0.3, 0.4) is 0 Å². The van der Waals surface area contributed by atoms with E-state index in [4.69, 9.17) is 14.7 Å². The fourth-order valence-corrected chi connectivity index (χ4v) is 5.51. The van der Waals surface area contributed by atoms with Crippen LogP contribution in [0.1, 0.15) is 19.4 Å². The average molecular weight is 492 g/mol. The molecule has 0 bridgehead atoms. The number of hydrogen-bond donors (Lipinski definition) is 0. The number of fused-ring (bicyclic) bond motifs is 3. The van der Waals surface area contributed by atoms with Gasteiger partial charge >= 0.3 is 0 Å². The average Bonchev–Trinajstić information content (AvgIpc) is 3.25. The van der Waals surface area contributed by atoms with Crippen LogP contribution in [0.15, 0.2) is 58.5 Å². The second-order valence-corrected chi connectivity index (χ2v) is 10.00. The first-order chi connectivity index (χ1) is 17.0. The van der Waals surface area contributed by atoms with Crippen LogP contribution < -0.4 is 9.64 Å². The summed E-state index contributed by atoms with van der Waals surface area (Å²) >= 11 is 1.31. The number of rotatable bonds is 5. The molecule has 0 unspecified atom stereocenters. The van der Waals surface area contributed by atoms with Gasteiger partial charge in [0.2, 0.25) is 5.91 Å². The van der Waals surface area contributed by atoms with Crippen molar-refractivity contribution in [2.45, 2.75) is 19.9 Å². The van der Waals surface area contributed by atoms with Crippen molar-refractivity contribution in [3.63, 3.8) is 0 Å². The quantitative estimate of drug-likeness (QED) is 0.641. The first-order valence-corrected chi connectivity index (χ1v) is 12.8. The molecule has 1 atom stereocenters. The third kappa shape index (κ3) is 4.40. The zero-order valence-corrected chi connectivity index (χ0v) is 21.0. The summed E-state index contributed by atoms with van der Waals surface area (Å²) in [5.74, 6) is 1.75. The molecule has 5 rings (SSSR count). The number of thioether (sulfide) groups is 1. The summed E-state index contributed by atoms with van der Waals surface area (Å²) in [6.45, 7) is 6.74. The summed E-state index contributed by atoms with van der Waals surface area (Å²) in [4.78, 5) is 41.4. The monoisotopic (exact) mass is 491 g/mol. The second-order valence-electron chi connectivity index (χ2n) is 9.06. The van der Waals surface area contributed by atoms with Gasteiger partial charge in [-0.1, -0.05) is 49.9 Å². The van der Waals surface area contributed by atoms with Crippen LogP contribution in [0.25, 0.3) is 0 Å². The van der Waals surface area contributed by atoms with E-state index in [1.165, 1.54) is 11.8 Å². The Hall–Kier alpha value is -3.33. The summed E-state index contributed by atoms with van der Waals surface area (Å²) in [6.07, 6.45) is 0. The molecule has 2 amide bonds. The zero-order valence-electron chi connectivity index (χ0n) is 20.2. The third-order valence-electron chi connectivity index (χ3n) is 6.51. The number of carbonyl (C=O) groups excluding carboxylic acids is 2. The minimum Gasteiger partial charge on any atom is -0.495 e. The Morgan fingerprint density at radius 1 is 1.09 bits per heavy atom. The highest BCUT2D eigenvalue weighted by molar-refractivity contribution is 8.14. The number of ether oxygens (including phenoxy) is 1. The topological polar surface area (TPSA) is 77.8 Å². The fourth-order valence-electron chi connectivity index (χ4n) is 4.61. The van der Waals surface area contributed by atoms with E-state index >= 15 is 0 Å². The minimum atomic E-state index is -0.430. The maximum atomic E-state index is 13.2. The number of para-hydroxylation sites is 3. The Bertz CT molecular complexity index is 1200. The lowest BCUT2D eigenvalue weighted by atomic mass is 10.1. The summed E-state index contributed by atoms with van der Waals surface area (Å²) < 4.78 is 5.49. The SMILES string of the molecule is COc1ccccc1N1CCN(C(=O)CSC2=Nc3ccccc3C3=N[C@H](C(C)C)C(=O)N23)CC1. The molecule has 8 nitrogen and oxygen atoms in total. The Labute approximate surface area is 209 Å². The number of piperazine rings is 1. The second kappa shape index (κ2) is 9.73. The molecule has 2 aromatic carbocycles. The van der Waals surface area contributed by atoms with Crippen molar-refractivity contribution in [3.8, 4) is 5.75 Å². The largest absolute Gasteiger partial charge is 0.495 e. The highest BCUT2D eigenvalue weighted by Gasteiger charge is 2.42. The van der Waals surface area contributed by atoms with Gasteiger partial charge in [0.15, 0.2) is 5.17 Å². The van der Waals surface area contributed by atoms with Crippen LogP contribution in [-0.2, 0) is 9.59 Å². The molecule has 3 aliphatic heterocycles. The maximum absolute atomic E-state index is 13.2. The van der Waals surface area contributed by atoms with E-state index in [-0.39, 0.29) is 23.5 Å². The molecular weight excluding hydrogens is 462 g/mol. The van der Waals surface area contributed by atoms with Crippen molar-refractivity contribution in [1.82, 2.24) is 9.80 Å². The van der Waals surface area contributed by atoms with Crippen LogP contribution in [-0.4, -0.2) is 77.7 Å². The minimum absolute atomic E-state index is 0.0433. The third-order valence-corrected chi connectivity index (χ3v) is 7.44. The van der Waals surface area contributed by atoms with Gasteiger partial charge in [-0.25, -0.2) is 9.89 Å². The first-order valence-electron chi connectivity index (χ1n) is 11.9. The number of amides is 2. The molecule has 3 aliphatic rings. The van der Waals surface area contributed by atoms with E-state index in [1.807, 2.05) is 67.3 Å². The van der Waals surface area contributed by atoms with Crippen molar-refractivity contribution >= 4 is 46.0 Å². The first kappa shape index (κ1) is 23.4. The fraction of sp³-hybridized carbons (Fsp3) is 0.385. The number of methoxy groups -OCH3 is 1. The van der Waals surface area contributed by atoms with Crippen molar-refractivity contribution in [2.75, 3.05) is 43.9 Å². The van der Waals surface area contributed by atoms with Gasteiger partial charge in [-0.2, -0.15) is 0 Å². The van der Waals surface area contributed by atoms with Crippen molar-refractivity contribution in [1.29, 1.82) is 0 Å². The molecule has 9 heteroatoms. The van der Waals surface area contributed by atoms with E-state index in [2.05, 4.69) is 4.90 Å². The molecule has 0 spiro atoms. The number of amidine groups is 2. The van der Waals surface area contributed by atoms with Gasteiger partial charge in [0, 0.05) is 31.7 Å². The Morgan fingerprint density at radius 3 is 2.54 bits per heavy atom. The van der Waals surface area contributed by atoms with Gasteiger partial charge < -0.3 is 14.5 Å². The molecule has 1 fully saturated rings. The zero-order chi connectivity index (χ0) is 24.5. The number of hydrogen-bond acceptors (Lipinski definition) is 7. The molecule has 0 saturated carbocycles. The number of aliphatic imine (C=N–C) groups is 2. The molecule has 0 radical (unpaired) electrons. The molecule has 1 saturated heterocycles. The van der Waals surface area contributed by atoms with E-state index in [0.29, 0.717) is 24.1 Å². The lowest BCUT2D eigenvalue weighted by Gasteiger charge is -2.36. The summed E-state index contributed by atoms with van der Waals surface area (Å²) in [5, 5.41) is 0.525. The summed E-state index contributed by atoms with van der Waals surface area (Å²) in [5.41, 5.74) is 2.68. The van der Waals surface area contributed by atoms with Gasteiger partial charge in [0.25, 0.3) is 5.91 Å². The van der Waals surface area contributed by atoms with Crippen LogP contribution in [0.5, 0.6) is 5.75 Å². The number of nitrogens with zero attached hydrogens (tertiary/aromatic N) is 5. The van der Waals surface area contributed by atoms with E-state index in [9.17, 15) is 9.59 Å². The van der Waals surface area contributed by atoms with Crippen LogP contribution in [0, 0.1) is 5.92 Å². The molecular formula is C26H29N5O3S. The van der Waals surface area contributed by atoms with Crippen molar-refractivity contribution in [2.24, 2.45) is 15.9 Å². The van der Waals surface area contributed by atoms with Crippen molar-refractivity contribution < 1.29 is 14.3 Å². The lowest BCUT2D eigenvalue weighted by molar-refractivity contribution is -0.128. The standard InChI is InChI=1S/C26H29N5O3S/c1-17(2)23-25(33)31-24(28-23)18-8-4-5-9-19(18)27-26(31)35-16-22(32)30-14-12-29(13-15-30)20-10-6-7-11-21(20)34-3/h4-11,17,23H,12-16H2,1-3H3/t23-/m1/s1. The Balaban J connectivity index is 1.26. The van der Waals surface area contributed by atoms with Gasteiger partial charge in [-0.05, 0) is 30.2 Å². The Morgan fingerprint density at radius 2 is 1.80 bits per heavy atom. The normalized spacial score (nSPS) is 19.4. The van der Waals surface area contributed by atoms with Gasteiger partial charge in [0.05, 0.1) is 24.2 Å². The number of anilines is 1. The van der Waals surface area contributed by atoms with Gasteiger partial charge in [-0.3, -0.25) is 14.6 Å². The van der Waals surface area contributed by atoms with E-state index < -0.39 is 6.04 Å². The molecule has 0 aliphatic carbocycles. The molecule has 0 N–H and O–H groups in total. The highest BCUT2D eigenvalue weighted by atomic mass is 32.2. The smallest absolute Gasteiger partial charge is 0.259 e. The molecule has 3 heterocycles. The van der Waals surface area contributed by atoms with Crippen LogP contribution in [0.4, 0.5) is 11.4 Å². The highest BCUT2D eigenvalue weighted by Crippen LogP contribution is 2.35. The van der Waals surface area contributed by atoms with E-state index in [0.717, 1.165) is 35.8 Å². The van der Waals surface area contributed by atoms with E-state index in [1.54, 1.807) is 12.0 Å². The summed E-state index contributed by atoms with van der Waals surface area (Å²) in [6, 6.07) is 15.2. The van der Waals surface area contributed by atoms with Crippen LogP contribution >= 0.6 is 11.8 Å². The summed E-state index contributed by atoms with van der Waals surface area (Å²) in [7, 11) is 1.67. The predicted octanol–water partition coefficient (Wildman–Crippen LogP) is 3.39. The lowest BCUT2D eigenvalue weighted by Crippen LogP contribution is -2.49. The molecule has 35 heavy (non-hydrogen) atoms. The Kier molecular flexibility index (Phi) is 6.51. The van der Waals surface area contributed by atoms with Gasteiger partial charge in [-0.15, -0.1) is 0 Å². The van der Waals surface area contributed by atoms with Gasteiger partial charge in [0.1, 0.15) is 17.6 Å².